The van der Waals surface area contributed by atoms with Gasteiger partial charge in [-0.2, -0.15) is 0 Å². The van der Waals surface area contributed by atoms with E-state index in [0.717, 1.165) is 18.0 Å². The number of ether oxygens (including phenoxy) is 2. The zero-order valence-electron chi connectivity index (χ0n) is 12.2. The molecule has 1 N–H and O–H groups in total. The summed E-state index contributed by atoms with van der Waals surface area (Å²) in [6.45, 7) is 5.25. The molecule has 2 rings (SSSR count). The first-order chi connectivity index (χ1) is 9.24. The van der Waals surface area contributed by atoms with Crippen LogP contribution in [0.1, 0.15) is 51.1 Å². The molecular weight excluding hydrogens is 238 g/mol. The normalized spacial score (nSPS) is 17.4. The minimum Gasteiger partial charge on any atom is -0.497 e. The Bertz CT molecular complexity index is 400. The van der Waals surface area contributed by atoms with Gasteiger partial charge in [0.15, 0.2) is 0 Å². The fourth-order valence-electron chi connectivity index (χ4n) is 2.70. The highest BCUT2D eigenvalue weighted by molar-refractivity contribution is 5.42. The molecule has 0 saturated heterocycles. The molecular formula is C16H25NO2. The number of nitrogens with one attached hydrogen (secondary N) is 1. The maximum absolute atomic E-state index is 6.20. The third-order valence-electron chi connectivity index (χ3n) is 3.79. The summed E-state index contributed by atoms with van der Waals surface area (Å²) in [6.07, 6.45) is 5.29. The molecule has 1 aromatic rings. The predicted molar refractivity (Wildman–Crippen MR) is 78.0 cm³/mol. The molecule has 3 heteroatoms. The van der Waals surface area contributed by atoms with Gasteiger partial charge in [-0.1, -0.05) is 13.0 Å². The number of hydrogen-bond acceptors (Lipinski definition) is 3. The summed E-state index contributed by atoms with van der Waals surface area (Å²) >= 11 is 0. The van der Waals surface area contributed by atoms with E-state index in [9.17, 15) is 0 Å². The minimum absolute atomic E-state index is 0.298. The molecule has 1 aromatic carbocycles. The molecule has 1 fully saturated rings. The van der Waals surface area contributed by atoms with Crippen LogP contribution in [-0.2, 0) is 0 Å². The SMILES string of the molecule is CCNC(C)c1ccc(OC)cc1OC1CCCC1. The molecule has 1 saturated carbocycles. The summed E-state index contributed by atoms with van der Waals surface area (Å²) in [4.78, 5) is 0. The van der Waals surface area contributed by atoms with Crippen LogP contribution in [0.15, 0.2) is 18.2 Å². The van der Waals surface area contributed by atoms with Crippen LogP contribution >= 0.6 is 0 Å². The van der Waals surface area contributed by atoms with Gasteiger partial charge < -0.3 is 14.8 Å². The van der Waals surface area contributed by atoms with E-state index in [1.807, 2.05) is 12.1 Å². The van der Waals surface area contributed by atoms with Crippen LogP contribution in [0.3, 0.4) is 0 Å². The molecule has 1 atom stereocenters. The monoisotopic (exact) mass is 263 g/mol. The van der Waals surface area contributed by atoms with Crippen molar-refractivity contribution < 1.29 is 9.47 Å². The van der Waals surface area contributed by atoms with Crippen molar-refractivity contribution in [2.24, 2.45) is 0 Å². The lowest BCUT2D eigenvalue weighted by atomic mass is 10.1. The highest BCUT2D eigenvalue weighted by Crippen LogP contribution is 2.33. The molecule has 106 valence electrons. The molecule has 1 aliphatic rings. The molecule has 0 bridgehead atoms. The maximum atomic E-state index is 6.20. The lowest BCUT2D eigenvalue weighted by molar-refractivity contribution is 0.205. The van der Waals surface area contributed by atoms with Gasteiger partial charge in [0, 0.05) is 17.7 Å². The summed E-state index contributed by atoms with van der Waals surface area (Å²) in [6, 6.07) is 6.43. The van der Waals surface area contributed by atoms with Gasteiger partial charge in [-0.25, -0.2) is 0 Å². The molecule has 1 aliphatic carbocycles. The van der Waals surface area contributed by atoms with Crippen LogP contribution < -0.4 is 14.8 Å². The first kappa shape index (κ1) is 14.2. The average Bonchev–Trinajstić information content (AvgIpc) is 2.91. The van der Waals surface area contributed by atoms with E-state index >= 15 is 0 Å². The number of rotatable bonds is 6. The molecule has 3 nitrogen and oxygen atoms in total. The average molecular weight is 263 g/mol. The maximum Gasteiger partial charge on any atom is 0.128 e. The predicted octanol–water partition coefficient (Wildman–Crippen LogP) is 3.69. The Balaban J connectivity index is 2.19. The van der Waals surface area contributed by atoms with Gasteiger partial charge >= 0.3 is 0 Å². The van der Waals surface area contributed by atoms with Crippen LogP contribution in [0.5, 0.6) is 11.5 Å². The summed E-state index contributed by atoms with van der Waals surface area (Å²) in [5, 5.41) is 3.44. The largest absolute Gasteiger partial charge is 0.497 e. The standard InChI is InChI=1S/C16H25NO2/c1-4-17-12(2)15-10-9-14(18-3)11-16(15)19-13-7-5-6-8-13/h9-13,17H,4-8H2,1-3H3. The van der Waals surface area contributed by atoms with Crippen molar-refractivity contribution in [3.63, 3.8) is 0 Å². The quantitative estimate of drug-likeness (QED) is 0.849. The van der Waals surface area contributed by atoms with Crippen molar-refractivity contribution in [3.8, 4) is 11.5 Å². The van der Waals surface area contributed by atoms with Gasteiger partial charge in [0.05, 0.1) is 13.2 Å². The smallest absolute Gasteiger partial charge is 0.128 e. The molecule has 1 unspecified atom stereocenters. The molecule has 0 spiro atoms. The second kappa shape index (κ2) is 6.80. The summed E-state index contributed by atoms with van der Waals surface area (Å²) in [7, 11) is 1.70. The molecule has 19 heavy (non-hydrogen) atoms. The van der Waals surface area contributed by atoms with Crippen molar-refractivity contribution in [1.29, 1.82) is 0 Å². The second-order valence-corrected chi connectivity index (χ2v) is 5.21. The third-order valence-corrected chi connectivity index (χ3v) is 3.79. The fraction of sp³-hybridized carbons (Fsp3) is 0.625. The first-order valence-electron chi connectivity index (χ1n) is 7.32. The number of benzene rings is 1. The van der Waals surface area contributed by atoms with E-state index in [-0.39, 0.29) is 0 Å². The van der Waals surface area contributed by atoms with Crippen LogP contribution in [0.2, 0.25) is 0 Å². The van der Waals surface area contributed by atoms with Gasteiger partial charge in [0.1, 0.15) is 11.5 Å². The Kier molecular flexibility index (Phi) is 5.08. The fourth-order valence-corrected chi connectivity index (χ4v) is 2.70. The zero-order chi connectivity index (χ0) is 13.7. The van der Waals surface area contributed by atoms with Gasteiger partial charge in [0.25, 0.3) is 0 Å². The van der Waals surface area contributed by atoms with E-state index < -0.39 is 0 Å². The molecule has 0 heterocycles. The Morgan fingerprint density at radius 1 is 1.32 bits per heavy atom. The molecule has 0 amide bonds. The summed E-state index contributed by atoms with van der Waals surface area (Å²) < 4.78 is 11.5. The zero-order valence-corrected chi connectivity index (χ0v) is 12.2. The van der Waals surface area contributed by atoms with Crippen LogP contribution in [0.4, 0.5) is 0 Å². The Morgan fingerprint density at radius 2 is 2.05 bits per heavy atom. The van der Waals surface area contributed by atoms with Crippen molar-refractivity contribution in [3.05, 3.63) is 23.8 Å². The van der Waals surface area contributed by atoms with Crippen LogP contribution in [0.25, 0.3) is 0 Å². The van der Waals surface area contributed by atoms with Gasteiger partial charge in [-0.05, 0) is 45.2 Å². The number of methoxy groups -OCH3 is 1. The highest BCUT2D eigenvalue weighted by atomic mass is 16.5. The third kappa shape index (κ3) is 3.63. The van der Waals surface area contributed by atoms with Crippen molar-refractivity contribution in [2.45, 2.75) is 51.7 Å². The molecule has 0 aliphatic heterocycles. The van der Waals surface area contributed by atoms with Crippen LogP contribution in [-0.4, -0.2) is 19.8 Å². The second-order valence-electron chi connectivity index (χ2n) is 5.21. The van der Waals surface area contributed by atoms with E-state index in [0.29, 0.717) is 12.1 Å². The van der Waals surface area contributed by atoms with E-state index in [1.165, 1.54) is 31.2 Å². The summed E-state index contributed by atoms with van der Waals surface area (Å²) in [5.41, 5.74) is 1.22. The Morgan fingerprint density at radius 3 is 2.68 bits per heavy atom. The van der Waals surface area contributed by atoms with Crippen molar-refractivity contribution in [1.82, 2.24) is 5.32 Å². The van der Waals surface area contributed by atoms with Gasteiger partial charge in [0.2, 0.25) is 0 Å². The van der Waals surface area contributed by atoms with E-state index in [2.05, 4.69) is 25.2 Å². The molecule has 0 aromatic heterocycles. The summed E-state index contributed by atoms with van der Waals surface area (Å²) in [5.74, 6) is 1.83. The number of hydrogen-bond donors (Lipinski definition) is 1. The molecule has 0 radical (unpaired) electrons. The van der Waals surface area contributed by atoms with Crippen molar-refractivity contribution >= 4 is 0 Å². The van der Waals surface area contributed by atoms with Crippen molar-refractivity contribution in [2.75, 3.05) is 13.7 Å². The first-order valence-corrected chi connectivity index (χ1v) is 7.32. The Labute approximate surface area is 116 Å². The topological polar surface area (TPSA) is 30.5 Å². The minimum atomic E-state index is 0.298. The lowest BCUT2D eigenvalue weighted by Gasteiger charge is -2.21. The van der Waals surface area contributed by atoms with E-state index in [4.69, 9.17) is 9.47 Å². The van der Waals surface area contributed by atoms with Crippen LogP contribution in [0, 0.1) is 0 Å². The van der Waals surface area contributed by atoms with Gasteiger partial charge in [-0.15, -0.1) is 0 Å². The highest BCUT2D eigenvalue weighted by Gasteiger charge is 2.20. The van der Waals surface area contributed by atoms with Gasteiger partial charge in [-0.3, -0.25) is 0 Å². The van der Waals surface area contributed by atoms with E-state index in [1.54, 1.807) is 7.11 Å². The Hall–Kier alpha value is -1.22. The lowest BCUT2D eigenvalue weighted by Crippen LogP contribution is -2.20.